The van der Waals surface area contributed by atoms with Crippen LogP contribution in [-0.2, 0) is 21.2 Å². The minimum absolute atomic E-state index is 0.0609. The first kappa shape index (κ1) is 23.0. The first-order chi connectivity index (χ1) is 15.2. The molecule has 3 aromatic carbocycles. The second-order valence-electron chi connectivity index (χ2n) is 7.20. The number of aryl methyl sites for hydroxylation is 2. The van der Waals surface area contributed by atoms with Crippen molar-refractivity contribution in [3.8, 4) is 0 Å². The Morgan fingerprint density at radius 1 is 1.03 bits per heavy atom. The molecule has 9 heteroatoms. The summed E-state index contributed by atoms with van der Waals surface area (Å²) in [6, 6.07) is 18.8. The first-order valence-corrected chi connectivity index (χ1v) is 11.4. The molecule has 3 rings (SSSR count). The standard InChI is InChI=1S/C23H23N3O5S/c1-3-18-9-11-20(12-10-18)25(32(30,31)22-13-7-17(2)8-14-22)16-23(27)24-19-5-4-6-21(15-19)26(28)29/h4-15H,3,16H2,1-2H3,(H,24,27). The third-order valence-electron chi connectivity index (χ3n) is 4.87. The van der Waals surface area contributed by atoms with Gasteiger partial charge in [0.15, 0.2) is 0 Å². The maximum absolute atomic E-state index is 13.4. The Labute approximate surface area is 186 Å². The number of anilines is 2. The third-order valence-corrected chi connectivity index (χ3v) is 6.66. The highest BCUT2D eigenvalue weighted by Gasteiger charge is 2.27. The molecule has 8 nitrogen and oxygen atoms in total. The van der Waals surface area contributed by atoms with Gasteiger partial charge in [0.1, 0.15) is 6.54 Å². The number of benzene rings is 3. The molecule has 0 aromatic heterocycles. The summed E-state index contributed by atoms with van der Waals surface area (Å²) in [6.45, 7) is 3.34. The number of sulfonamides is 1. The van der Waals surface area contributed by atoms with Crippen molar-refractivity contribution in [3.05, 3.63) is 94.0 Å². The largest absolute Gasteiger partial charge is 0.324 e. The van der Waals surface area contributed by atoms with E-state index in [4.69, 9.17) is 0 Å². The number of nitrogens with zero attached hydrogens (tertiary/aromatic N) is 2. The van der Waals surface area contributed by atoms with Gasteiger partial charge in [0.25, 0.3) is 15.7 Å². The van der Waals surface area contributed by atoms with E-state index in [1.165, 1.54) is 36.4 Å². The normalized spacial score (nSPS) is 11.1. The number of carbonyl (C=O) groups is 1. The number of nitro groups is 1. The fourth-order valence-electron chi connectivity index (χ4n) is 3.08. The summed E-state index contributed by atoms with van der Waals surface area (Å²) >= 11 is 0. The van der Waals surface area contributed by atoms with Crippen LogP contribution in [0, 0.1) is 17.0 Å². The second kappa shape index (κ2) is 9.61. The van der Waals surface area contributed by atoms with Crippen molar-refractivity contribution in [1.82, 2.24) is 0 Å². The average molecular weight is 454 g/mol. The van der Waals surface area contributed by atoms with E-state index in [-0.39, 0.29) is 16.3 Å². The van der Waals surface area contributed by atoms with Crippen LogP contribution in [0.3, 0.4) is 0 Å². The molecule has 0 saturated heterocycles. The molecule has 3 aromatic rings. The van der Waals surface area contributed by atoms with E-state index in [2.05, 4.69) is 5.32 Å². The number of hydrogen-bond donors (Lipinski definition) is 1. The van der Waals surface area contributed by atoms with Crippen LogP contribution >= 0.6 is 0 Å². The quantitative estimate of drug-likeness (QED) is 0.404. The summed E-state index contributed by atoms with van der Waals surface area (Å²) < 4.78 is 27.8. The Morgan fingerprint density at radius 3 is 2.28 bits per heavy atom. The molecule has 0 aliphatic rings. The number of hydrogen-bond acceptors (Lipinski definition) is 5. The minimum Gasteiger partial charge on any atom is -0.324 e. The van der Waals surface area contributed by atoms with Crippen LogP contribution < -0.4 is 9.62 Å². The minimum atomic E-state index is -4.04. The Bertz CT molecular complexity index is 1220. The third kappa shape index (κ3) is 5.30. The molecule has 0 atom stereocenters. The van der Waals surface area contributed by atoms with Gasteiger partial charge in [-0.2, -0.15) is 0 Å². The van der Waals surface area contributed by atoms with Gasteiger partial charge in [-0.1, -0.05) is 42.8 Å². The van der Waals surface area contributed by atoms with Crippen molar-refractivity contribution in [2.75, 3.05) is 16.2 Å². The maximum Gasteiger partial charge on any atom is 0.271 e. The lowest BCUT2D eigenvalue weighted by Gasteiger charge is -2.24. The summed E-state index contributed by atoms with van der Waals surface area (Å²) in [7, 11) is -4.04. The molecular formula is C23H23N3O5S. The summed E-state index contributed by atoms with van der Waals surface area (Å²) in [4.78, 5) is 23.2. The van der Waals surface area contributed by atoms with E-state index in [1.807, 2.05) is 26.0 Å². The van der Waals surface area contributed by atoms with Crippen molar-refractivity contribution in [2.45, 2.75) is 25.2 Å². The highest BCUT2D eigenvalue weighted by Crippen LogP contribution is 2.25. The SMILES string of the molecule is CCc1ccc(N(CC(=O)Nc2cccc([N+](=O)[O-])c2)S(=O)(=O)c2ccc(C)cc2)cc1. The number of nitro benzene ring substituents is 1. The molecule has 0 unspecified atom stereocenters. The molecule has 0 bridgehead atoms. The molecule has 0 radical (unpaired) electrons. The number of rotatable bonds is 8. The van der Waals surface area contributed by atoms with Gasteiger partial charge < -0.3 is 5.32 Å². The van der Waals surface area contributed by atoms with Crippen LogP contribution in [0.5, 0.6) is 0 Å². The fraction of sp³-hybridized carbons (Fsp3) is 0.174. The maximum atomic E-state index is 13.4. The average Bonchev–Trinajstić information content (AvgIpc) is 2.78. The molecule has 0 heterocycles. The topological polar surface area (TPSA) is 110 Å². The molecule has 1 N–H and O–H groups in total. The van der Waals surface area contributed by atoms with Gasteiger partial charge in [-0.3, -0.25) is 19.2 Å². The van der Waals surface area contributed by atoms with Crippen LogP contribution in [0.2, 0.25) is 0 Å². The van der Waals surface area contributed by atoms with Crippen LogP contribution in [-0.4, -0.2) is 25.8 Å². The van der Waals surface area contributed by atoms with Crippen LogP contribution in [0.15, 0.2) is 77.7 Å². The van der Waals surface area contributed by atoms with Gasteiger partial charge in [-0.25, -0.2) is 8.42 Å². The smallest absolute Gasteiger partial charge is 0.271 e. The Kier molecular flexibility index (Phi) is 6.89. The predicted molar refractivity (Wildman–Crippen MR) is 123 cm³/mol. The number of carbonyl (C=O) groups excluding carboxylic acids is 1. The van der Waals surface area contributed by atoms with Gasteiger partial charge in [-0.15, -0.1) is 0 Å². The van der Waals surface area contributed by atoms with Crippen molar-refractivity contribution >= 4 is 33.0 Å². The van der Waals surface area contributed by atoms with Gasteiger partial charge in [0.05, 0.1) is 15.5 Å². The first-order valence-electron chi connectivity index (χ1n) is 9.93. The molecule has 0 aliphatic heterocycles. The van der Waals surface area contributed by atoms with Gasteiger partial charge in [0.2, 0.25) is 5.91 Å². The molecule has 0 saturated carbocycles. The molecule has 32 heavy (non-hydrogen) atoms. The van der Waals surface area contributed by atoms with E-state index in [9.17, 15) is 23.3 Å². The summed E-state index contributed by atoms with van der Waals surface area (Å²) in [5.74, 6) is -0.624. The van der Waals surface area contributed by atoms with E-state index >= 15 is 0 Å². The molecule has 166 valence electrons. The lowest BCUT2D eigenvalue weighted by Crippen LogP contribution is -2.38. The Hall–Kier alpha value is -3.72. The van der Waals surface area contributed by atoms with Crippen LogP contribution in [0.1, 0.15) is 18.1 Å². The Balaban J connectivity index is 1.93. The molecule has 0 spiro atoms. The summed E-state index contributed by atoms with van der Waals surface area (Å²) in [5, 5.41) is 13.5. The molecule has 0 fully saturated rings. The van der Waals surface area contributed by atoms with Gasteiger partial charge >= 0.3 is 0 Å². The van der Waals surface area contributed by atoms with Gasteiger partial charge in [-0.05, 0) is 49.2 Å². The second-order valence-corrected chi connectivity index (χ2v) is 9.06. The summed E-state index contributed by atoms with van der Waals surface area (Å²) in [6.07, 6.45) is 0.790. The fourth-order valence-corrected chi connectivity index (χ4v) is 4.50. The highest BCUT2D eigenvalue weighted by atomic mass is 32.2. The zero-order valence-electron chi connectivity index (χ0n) is 17.7. The van der Waals surface area contributed by atoms with Crippen molar-refractivity contribution < 1.29 is 18.1 Å². The van der Waals surface area contributed by atoms with Crippen molar-refractivity contribution in [3.63, 3.8) is 0 Å². The monoisotopic (exact) mass is 453 g/mol. The van der Waals surface area contributed by atoms with Crippen LogP contribution in [0.4, 0.5) is 17.1 Å². The predicted octanol–water partition coefficient (Wildman–Crippen LogP) is 4.30. The number of nitrogens with one attached hydrogen (secondary N) is 1. The zero-order chi connectivity index (χ0) is 23.3. The lowest BCUT2D eigenvalue weighted by molar-refractivity contribution is -0.384. The Morgan fingerprint density at radius 2 is 1.69 bits per heavy atom. The molecular weight excluding hydrogens is 430 g/mol. The lowest BCUT2D eigenvalue weighted by atomic mass is 10.1. The van der Waals surface area contributed by atoms with E-state index in [0.29, 0.717) is 5.69 Å². The molecule has 0 aliphatic carbocycles. The van der Waals surface area contributed by atoms with Gasteiger partial charge in [0, 0.05) is 17.8 Å². The zero-order valence-corrected chi connectivity index (χ0v) is 18.5. The highest BCUT2D eigenvalue weighted by molar-refractivity contribution is 7.92. The summed E-state index contributed by atoms with van der Waals surface area (Å²) in [5.41, 5.74) is 2.31. The number of amides is 1. The van der Waals surface area contributed by atoms with Crippen molar-refractivity contribution in [2.24, 2.45) is 0 Å². The van der Waals surface area contributed by atoms with E-state index in [0.717, 1.165) is 21.9 Å². The number of non-ortho nitro benzene ring substituents is 1. The van der Waals surface area contributed by atoms with E-state index in [1.54, 1.807) is 24.3 Å². The van der Waals surface area contributed by atoms with E-state index < -0.39 is 27.4 Å². The van der Waals surface area contributed by atoms with Crippen molar-refractivity contribution in [1.29, 1.82) is 0 Å². The van der Waals surface area contributed by atoms with Crippen LogP contribution in [0.25, 0.3) is 0 Å². The molecule has 1 amide bonds.